The summed E-state index contributed by atoms with van der Waals surface area (Å²) in [6.07, 6.45) is 0. The van der Waals surface area contributed by atoms with Crippen LogP contribution >= 0.6 is 0 Å². The van der Waals surface area contributed by atoms with E-state index in [-0.39, 0.29) is 24.8 Å². The van der Waals surface area contributed by atoms with Crippen LogP contribution in [0.1, 0.15) is 30.1 Å². The van der Waals surface area contributed by atoms with Gasteiger partial charge >= 0.3 is 5.97 Å². The second-order valence-corrected chi connectivity index (χ2v) is 4.33. The van der Waals surface area contributed by atoms with E-state index in [0.29, 0.717) is 5.69 Å². The van der Waals surface area contributed by atoms with E-state index in [1.54, 1.807) is 6.92 Å². The van der Waals surface area contributed by atoms with Gasteiger partial charge in [-0.1, -0.05) is 5.16 Å². The third-order valence-corrected chi connectivity index (χ3v) is 2.65. The van der Waals surface area contributed by atoms with Gasteiger partial charge in [0.15, 0.2) is 0 Å². The first kappa shape index (κ1) is 15.7. The number of carboxylic acid groups (broad SMARTS) is 1. The summed E-state index contributed by atoms with van der Waals surface area (Å²) in [6.45, 7) is 4.60. The van der Waals surface area contributed by atoms with E-state index >= 15 is 0 Å². The minimum atomic E-state index is -1.14. The Balaban J connectivity index is 2.83. The van der Waals surface area contributed by atoms with Crippen LogP contribution in [0.15, 0.2) is 10.6 Å². The van der Waals surface area contributed by atoms with Gasteiger partial charge in [0.2, 0.25) is 11.7 Å². The second-order valence-electron chi connectivity index (χ2n) is 4.33. The molecule has 1 rings (SSSR count). The molecule has 0 radical (unpaired) electrons. The molecule has 1 aromatic heterocycles. The zero-order valence-electron chi connectivity index (χ0n) is 11.5. The van der Waals surface area contributed by atoms with Crippen molar-refractivity contribution in [3.63, 3.8) is 0 Å². The molecule has 110 valence electrons. The molecule has 0 bridgehead atoms. The van der Waals surface area contributed by atoms with Crippen molar-refractivity contribution in [3.8, 4) is 0 Å². The number of aryl methyl sites for hydroxylation is 1. The maximum absolute atomic E-state index is 12.2. The molecule has 2 N–H and O–H groups in total. The lowest BCUT2D eigenvalue weighted by Crippen LogP contribution is -2.46. The molecule has 2 amide bonds. The summed E-state index contributed by atoms with van der Waals surface area (Å²) in [7, 11) is 0. The Morgan fingerprint density at radius 1 is 1.50 bits per heavy atom. The number of amides is 2. The van der Waals surface area contributed by atoms with Crippen LogP contribution in [0, 0.1) is 6.92 Å². The zero-order chi connectivity index (χ0) is 15.3. The molecule has 0 aliphatic carbocycles. The number of hydrogen-bond donors (Lipinski definition) is 2. The van der Waals surface area contributed by atoms with Crippen molar-refractivity contribution < 1.29 is 24.0 Å². The molecule has 0 spiro atoms. The first-order valence-electron chi connectivity index (χ1n) is 6.04. The van der Waals surface area contributed by atoms with Crippen LogP contribution in [-0.2, 0) is 9.59 Å². The zero-order valence-corrected chi connectivity index (χ0v) is 11.5. The predicted molar refractivity (Wildman–Crippen MR) is 68.1 cm³/mol. The highest BCUT2D eigenvalue weighted by Gasteiger charge is 2.28. The summed E-state index contributed by atoms with van der Waals surface area (Å²) < 4.78 is 4.84. The topological polar surface area (TPSA) is 113 Å². The third kappa shape index (κ3) is 4.08. The van der Waals surface area contributed by atoms with Gasteiger partial charge in [-0.3, -0.25) is 9.59 Å². The quantitative estimate of drug-likeness (QED) is 0.761. The second kappa shape index (κ2) is 6.69. The summed E-state index contributed by atoms with van der Waals surface area (Å²) >= 11 is 0. The number of nitrogens with one attached hydrogen (secondary N) is 1. The van der Waals surface area contributed by atoms with E-state index in [1.807, 2.05) is 0 Å². The van der Waals surface area contributed by atoms with E-state index < -0.39 is 17.9 Å². The standard InChI is InChI=1S/C12H17N3O5/c1-7-6-10(20-14-7)11(17)15(8(2)12(18)19)5-4-13-9(3)16/h6,8H,4-5H2,1-3H3,(H,13,16)(H,18,19). The first-order valence-corrected chi connectivity index (χ1v) is 6.04. The van der Waals surface area contributed by atoms with Gasteiger partial charge in [-0.25, -0.2) is 4.79 Å². The van der Waals surface area contributed by atoms with Crippen LogP contribution in [0.5, 0.6) is 0 Å². The van der Waals surface area contributed by atoms with E-state index in [9.17, 15) is 14.4 Å². The Kier molecular flexibility index (Phi) is 5.24. The molecule has 1 heterocycles. The fraction of sp³-hybridized carbons (Fsp3) is 0.500. The number of aliphatic carboxylic acids is 1. The maximum Gasteiger partial charge on any atom is 0.326 e. The van der Waals surface area contributed by atoms with Gasteiger partial charge in [-0.2, -0.15) is 0 Å². The summed E-state index contributed by atoms with van der Waals surface area (Å²) in [5.41, 5.74) is 0.526. The Labute approximate surface area is 115 Å². The Hall–Kier alpha value is -2.38. The van der Waals surface area contributed by atoms with Crippen molar-refractivity contribution in [2.75, 3.05) is 13.1 Å². The van der Waals surface area contributed by atoms with Crippen LogP contribution in [-0.4, -0.2) is 52.1 Å². The lowest BCUT2D eigenvalue weighted by atomic mass is 10.2. The summed E-state index contributed by atoms with van der Waals surface area (Å²) in [5.74, 6) is -2.00. The molecular weight excluding hydrogens is 266 g/mol. The van der Waals surface area contributed by atoms with Gasteiger partial charge < -0.3 is 19.8 Å². The highest BCUT2D eigenvalue weighted by atomic mass is 16.5. The molecular formula is C12H17N3O5. The smallest absolute Gasteiger partial charge is 0.326 e. The van der Waals surface area contributed by atoms with Crippen LogP contribution in [0.25, 0.3) is 0 Å². The van der Waals surface area contributed by atoms with Crippen LogP contribution in [0.4, 0.5) is 0 Å². The van der Waals surface area contributed by atoms with Gasteiger partial charge in [0.25, 0.3) is 5.91 Å². The van der Waals surface area contributed by atoms with Crippen LogP contribution < -0.4 is 5.32 Å². The third-order valence-electron chi connectivity index (χ3n) is 2.65. The fourth-order valence-corrected chi connectivity index (χ4v) is 1.56. The number of carboxylic acids is 1. The number of carbonyl (C=O) groups is 3. The van der Waals surface area contributed by atoms with Crippen molar-refractivity contribution in [1.82, 2.24) is 15.4 Å². The molecule has 8 heteroatoms. The molecule has 0 aliphatic heterocycles. The maximum atomic E-state index is 12.2. The van der Waals surface area contributed by atoms with Gasteiger partial charge in [-0.05, 0) is 13.8 Å². The van der Waals surface area contributed by atoms with E-state index in [1.165, 1.54) is 19.9 Å². The normalized spacial score (nSPS) is 11.8. The summed E-state index contributed by atoms with van der Waals surface area (Å²) in [4.78, 5) is 35.2. The number of nitrogens with zero attached hydrogens (tertiary/aromatic N) is 2. The van der Waals surface area contributed by atoms with Crippen LogP contribution in [0.2, 0.25) is 0 Å². The number of aromatic nitrogens is 1. The van der Waals surface area contributed by atoms with Crippen molar-refractivity contribution in [1.29, 1.82) is 0 Å². The fourth-order valence-electron chi connectivity index (χ4n) is 1.56. The predicted octanol–water partition coefficient (Wildman–Crippen LogP) is 0.0344. The molecule has 20 heavy (non-hydrogen) atoms. The molecule has 1 unspecified atom stereocenters. The van der Waals surface area contributed by atoms with E-state index in [2.05, 4.69) is 10.5 Å². The van der Waals surface area contributed by atoms with E-state index in [0.717, 1.165) is 4.90 Å². The first-order chi connectivity index (χ1) is 9.32. The summed E-state index contributed by atoms with van der Waals surface area (Å²) in [6, 6.07) is 0.393. The molecule has 0 aliphatic rings. The molecule has 1 aromatic rings. The van der Waals surface area contributed by atoms with Crippen LogP contribution in [0.3, 0.4) is 0 Å². The lowest BCUT2D eigenvalue weighted by Gasteiger charge is -2.25. The van der Waals surface area contributed by atoms with E-state index in [4.69, 9.17) is 9.63 Å². The largest absolute Gasteiger partial charge is 0.480 e. The SMILES string of the molecule is CC(=O)NCCN(C(=O)c1cc(C)no1)C(C)C(=O)O. The van der Waals surface area contributed by atoms with Crippen molar-refractivity contribution in [2.24, 2.45) is 0 Å². The monoisotopic (exact) mass is 283 g/mol. The molecule has 0 aromatic carbocycles. The highest BCUT2D eigenvalue weighted by Crippen LogP contribution is 2.10. The molecule has 0 fully saturated rings. The van der Waals surface area contributed by atoms with Crippen molar-refractivity contribution in [3.05, 3.63) is 17.5 Å². The highest BCUT2D eigenvalue weighted by molar-refractivity contribution is 5.94. The van der Waals surface area contributed by atoms with Crippen molar-refractivity contribution in [2.45, 2.75) is 26.8 Å². The molecule has 0 saturated carbocycles. The van der Waals surface area contributed by atoms with Gasteiger partial charge in [0.1, 0.15) is 6.04 Å². The molecule has 8 nitrogen and oxygen atoms in total. The minimum Gasteiger partial charge on any atom is -0.480 e. The van der Waals surface area contributed by atoms with Gasteiger partial charge in [-0.15, -0.1) is 0 Å². The number of rotatable bonds is 6. The molecule has 0 saturated heterocycles. The van der Waals surface area contributed by atoms with Gasteiger partial charge in [0, 0.05) is 26.1 Å². The van der Waals surface area contributed by atoms with Gasteiger partial charge in [0.05, 0.1) is 5.69 Å². The Bertz CT molecular complexity index is 511. The average molecular weight is 283 g/mol. The average Bonchev–Trinajstić information content (AvgIpc) is 2.79. The number of hydrogen-bond acceptors (Lipinski definition) is 5. The Morgan fingerprint density at radius 3 is 2.60 bits per heavy atom. The Morgan fingerprint density at radius 2 is 2.15 bits per heavy atom. The lowest BCUT2D eigenvalue weighted by molar-refractivity contribution is -0.141. The number of carbonyl (C=O) groups excluding carboxylic acids is 2. The molecule has 1 atom stereocenters. The van der Waals surface area contributed by atoms with Crippen molar-refractivity contribution >= 4 is 17.8 Å². The summed E-state index contributed by atoms with van der Waals surface area (Å²) in [5, 5.41) is 15.1. The minimum absolute atomic E-state index is 0.0292.